The van der Waals surface area contributed by atoms with E-state index in [0.29, 0.717) is 43.0 Å². The van der Waals surface area contributed by atoms with Crippen LogP contribution in [0.25, 0.3) is 0 Å². The zero-order chi connectivity index (χ0) is 13.1. The van der Waals surface area contributed by atoms with Crippen LogP contribution in [0.3, 0.4) is 0 Å². The van der Waals surface area contributed by atoms with E-state index in [0.717, 1.165) is 5.56 Å². The summed E-state index contributed by atoms with van der Waals surface area (Å²) in [4.78, 5) is 21.8. The van der Waals surface area contributed by atoms with Crippen molar-refractivity contribution in [2.24, 2.45) is 5.92 Å². The zero-order valence-corrected chi connectivity index (χ0v) is 10.0. The van der Waals surface area contributed by atoms with Gasteiger partial charge >= 0.3 is 5.97 Å². The van der Waals surface area contributed by atoms with Crippen LogP contribution in [-0.4, -0.2) is 30.6 Å². The topological polar surface area (TPSA) is 72.8 Å². The molecular formula is C13H14O5. The van der Waals surface area contributed by atoms with E-state index in [9.17, 15) is 9.59 Å². The van der Waals surface area contributed by atoms with E-state index in [4.69, 9.17) is 14.6 Å². The van der Waals surface area contributed by atoms with Gasteiger partial charge in [0.05, 0.1) is 11.5 Å². The van der Waals surface area contributed by atoms with Crippen molar-refractivity contribution in [2.45, 2.75) is 13.3 Å². The van der Waals surface area contributed by atoms with Gasteiger partial charge in [-0.05, 0) is 18.1 Å². The Balaban J connectivity index is 2.37. The van der Waals surface area contributed by atoms with E-state index in [1.165, 1.54) is 0 Å². The average Bonchev–Trinajstić information content (AvgIpc) is 2.39. The fourth-order valence-electron chi connectivity index (χ4n) is 1.88. The van der Waals surface area contributed by atoms with Crippen LogP contribution in [0.2, 0.25) is 0 Å². The van der Waals surface area contributed by atoms with Crippen molar-refractivity contribution in [1.82, 2.24) is 0 Å². The predicted molar refractivity (Wildman–Crippen MR) is 63.3 cm³/mol. The van der Waals surface area contributed by atoms with Gasteiger partial charge in [-0.3, -0.25) is 9.59 Å². The lowest BCUT2D eigenvalue weighted by Gasteiger charge is -2.22. The summed E-state index contributed by atoms with van der Waals surface area (Å²) < 4.78 is 10.9. The summed E-state index contributed by atoms with van der Waals surface area (Å²) in [5, 5.41) is 8.92. The van der Waals surface area contributed by atoms with Gasteiger partial charge in [-0.1, -0.05) is 13.0 Å². The molecule has 0 spiro atoms. The maximum absolute atomic E-state index is 10.9. The van der Waals surface area contributed by atoms with Crippen LogP contribution >= 0.6 is 0 Å². The third-order valence-electron chi connectivity index (χ3n) is 2.87. The maximum Gasteiger partial charge on any atom is 0.306 e. The van der Waals surface area contributed by atoms with Crippen molar-refractivity contribution in [1.29, 1.82) is 0 Å². The molecule has 0 aliphatic carbocycles. The Morgan fingerprint density at radius 1 is 1.39 bits per heavy atom. The monoisotopic (exact) mass is 250 g/mol. The van der Waals surface area contributed by atoms with Crippen molar-refractivity contribution in [3.05, 3.63) is 23.3 Å². The normalized spacial score (nSPS) is 14.9. The molecule has 0 radical (unpaired) electrons. The molecule has 18 heavy (non-hydrogen) atoms. The molecule has 1 aromatic carbocycles. The Labute approximate surface area is 104 Å². The predicted octanol–water partition coefficient (Wildman–Crippen LogP) is 1.53. The SMILES string of the molecule is CC(Cc1ccc(C=O)c2c1OCCO2)C(=O)O. The molecule has 1 aliphatic heterocycles. The minimum Gasteiger partial charge on any atom is -0.486 e. The number of carbonyl (C=O) groups is 2. The fraction of sp³-hybridized carbons (Fsp3) is 0.385. The van der Waals surface area contributed by atoms with Gasteiger partial charge in [0, 0.05) is 0 Å². The molecule has 1 heterocycles. The first-order valence-electron chi connectivity index (χ1n) is 5.73. The van der Waals surface area contributed by atoms with Crippen LogP contribution < -0.4 is 9.47 Å². The quantitative estimate of drug-likeness (QED) is 0.820. The van der Waals surface area contributed by atoms with Crippen molar-refractivity contribution in [3.8, 4) is 11.5 Å². The molecule has 0 bridgehead atoms. The second-order valence-corrected chi connectivity index (χ2v) is 4.23. The summed E-state index contributed by atoms with van der Waals surface area (Å²) in [5.41, 5.74) is 1.18. The Bertz CT molecular complexity index is 481. The number of hydrogen-bond acceptors (Lipinski definition) is 4. The summed E-state index contributed by atoms with van der Waals surface area (Å²) in [6.07, 6.45) is 1.05. The summed E-state index contributed by atoms with van der Waals surface area (Å²) >= 11 is 0. The number of ether oxygens (including phenoxy) is 2. The number of aliphatic carboxylic acids is 1. The number of carbonyl (C=O) groups excluding carboxylic acids is 1. The summed E-state index contributed by atoms with van der Waals surface area (Å²) in [6, 6.07) is 3.35. The third-order valence-corrected chi connectivity index (χ3v) is 2.87. The molecule has 0 saturated carbocycles. The lowest BCUT2D eigenvalue weighted by molar-refractivity contribution is -0.141. The molecule has 0 fully saturated rings. The molecule has 1 atom stereocenters. The molecule has 0 saturated heterocycles. The van der Waals surface area contributed by atoms with Gasteiger partial charge in [0.1, 0.15) is 13.2 Å². The van der Waals surface area contributed by atoms with Crippen molar-refractivity contribution in [2.75, 3.05) is 13.2 Å². The minimum absolute atomic E-state index is 0.347. The van der Waals surface area contributed by atoms with Crippen LogP contribution in [-0.2, 0) is 11.2 Å². The highest BCUT2D eigenvalue weighted by Crippen LogP contribution is 2.37. The average molecular weight is 250 g/mol. The van der Waals surface area contributed by atoms with Crippen molar-refractivity contribution in [3.63, 3.8) is 0 Å². The van der Waals surface area contributed by atoms with Crippen LogP contribution in [0.1, 0.15) is 22.8 Å². The van der Waals surface area contributed by atoms with E-state index in [2.05, 4.69) is 0 Å². The number of benzene rings is 1. The number of aldehydes is 1. The Morgan fingerprint density at radius 3 is 2.67 bits per heavy atom. The Hall–Kier alpha value is -2.04. The minimum atomic E-state index is -0.861. The van der Waals surface area contributed by atoms with Crippen molar-refractivity contribution >= 4 is 12.3 Å². The lowest BCUT2D eigenvalue weighted by Crippen LogP contribution is -2.19. The maximum atomic E-state index is 10.9. The molecule has 5 nitrogen and oxygen atoms in total. The number of fused-ring (bicyclic) bond motifs is 1. The van der Waals surface area contributed by atoms with Gasteiger partial charge in [0.2, 0.25) is 0 Å². The Morgan fingerprint density at radius 2 is 2.06 bits per heavy atom. The first-order valence-corrected chi connectivity index (χ1v) is 5.73. The Kier molecular flexibility index (Phi) is 3.50. The molecular weight excluding hydrogens is 236 g/mol. The molecule has 96 valence electrons. The smallest absolute Gasteiger partial charge is 0.306 e. The van der Waals surface area contributed by atoms with Gasteiger partial charge in [0.25, 0.3) is 0 Å². The molecule has 1 aromatic rings. The third kappa shape index (κ3) is 2.30. The van der Waals surface area contributed by atoms with Crippen LogP contribution in [0.5, 0.6) is 11.5 Å². The highest BCUT2D eigenvalue weighted by molar-refractivity contribution is 5.82. The number of carboxylic acid groups (broad SMARTS) is 1. The molecule has 0 aromatic heterocycles. The number of carboxylic acids is 1. The van der Waals surface area contributed by atoms with E-state index in [-0.39, 0.29) is 0 Å². The van der Waals surface area contributed by atoms with Gasteiger partial charge in [-0.15, -0.1) is 0 Å². The molecule has 1 aliphatic rings. The van der Waals surface area contributed by atoms with Gasteiger partial charge in [0.15, 0.2) is 17.8 Å². The number of rotatable bonds is 4. The van der Waals surface area contributed by atoms with Gasteiger partial charge in [-0.25, -0.2) is 0 Å². The second-order valence-electron chi connectivity index (χ2n) is 4.23. The summed E-state index contributed by atoms with van der Waals surface area (Å²) in [7, 11) is 0. The highest BCUT2D eigenvalue weighted by atomic mass is 16.6. The number of hydrogen-bond donors (Lipinski definition) is 1. The van der Waals surface area contributed by atoms with E-state index >= 15 is 0 Å². The van der Waals surface area contributed by atoms with Crippen molar-refractivity contribution < 1.29 is 24.2 Å². The molecule has 1 N–H and O–H groups in total. The fourth-order valence-corrected chi connectivity index (χ4v) is 1.88. The highest BCUT2D eigenvalue weighted by Gasteiger charge is 2.22. The van der Waals surface area contributed by atoms with E-state index < -0.39 is 11.9 Å². The molecule has 1 unspecified atom stereocenters. The van der Waals surface area contributed by atoms with E-state index in [1.54, 1.807) is 19.1 Å². The first kappa shape index (κ1) is 12.4. The first-order chi connectivity index (χ1) is 8.63. The molecule has 0 amide bonds. The van der Waals surface area contributed by atoms with Gasteiger partial charge < -0.3 is 14.6 Å². The largest absolute Gasteiger partial charge is 0.486 e. The summed E-state index contributed by atoms with van der Waals surface area (Å²) in [6.45, 7) is 2.43. The standard InChI is InChI=1S/C13H14O5/c1-8(13(15)16)6-9-2-3-10(7-14)12-11(9)17-4-5-18-12/h2-3,7-8H,4-6H2,1H3,(H,15,16). The van der Waals surface area contributed by atoms with Crippen LogP contribution in [0, 0.1) is 5.92 Å². The van der Waals surface area contributed by atoms with Gasteiger partial charge in [-0.2, -0.15) is 0 Å². The van der Waals surface area contributed by atoms with Crippen LogP contribution in [0.15, 0.2) is 12.1 Å². The molecule has 5 heteroatoms. The zero-order valence-electron chi connectivity index (χ0n) is 10.0. The second kappa shape index (κ2) is 5.08. The van der Waals surface area contributed by atoms with E-state index in [1.807, 2.05) is 0 Å². The van der Waals surface area contributed by atoms with Crippen LogP contribution in [0.4, 0.5) is 0 Å². The summed E-state index contributed by atoms with van der Waals surface area (Å²) in [5.74, 6) is -0.452. The molecule has 2 rings (SSSR count). The lowest BCUT2D eigenvalue weighted by atomic mass is 9.98.